The van der Waals surface area contributed by atoms with Crippen molar-refractivity contribution in [2.75, 3.05) is 17.9 Å². The van der Waals surface area contributed by atoms with Gasteiger partial charge < -0.3 is 19.5 Å². The second-order valence-corrected chi connectivity index (χ2v) is 8.27. The maximum Gasteiger partial charge on any atom is 0.247 e. The molecule has 3 heterocycles. The zero-order chi connectivity index (χ0) is 19.1. The van der Waals surface area contributed by atoms with Gasteiger partial charge in [-0.1, -0.05) is 34.6 Å². The number of nitrogens with one attached hydrogen (secondary N) is 1. The van der Waals surface area contributed by atoms with Gasteiger partial charge in [0, 0.05) is 21.3 Å². The van der Waals surface area contributed by atoms with Crippen LogP contribution in [0.5, 0.6) is 17.4 Å². The van der Waals surface area contributed by atoms with Crippen molar-refractivity contribution >= 4 is 33.4 Å². The van der Waals surface area contributed by atoms with Gasteiger partial charge in [-0.2, -0.15) is 4.98 Å². The monoisotopic (exact) mass is 458 g/mol. The molecular formula is C19H15BrN4O3S. The molecule has 0 radical (unpaired) electrons. The first-order chi connectivity index (χ1) is 13.7. The lowest BCUT2D eigenvalue weighted by molar-refractivity contribution is 0.173. The van der Waals surface area contributed by atoms with Crippen LogP contribution < -0.4 is 19.5 Å². The summed E-state index contributed by atoms with van der Waals surface area (Å²) >= 11 is 5.05. The van der Waals surface area contributed by atoms with Gasteiger partial charge in [0.05, 0.1) is 0 Å². The van der Waals surface area contributed by atoms with Gasteiger partial charge in [0.25, 0.3) is 0 Å². The first-order valence-electron chi connectivity index (χ1n) is 8.71. The predicted octanol–water partition coefficient (Wildman–Crippen LogP) is 4.64. The average molecular weight is 459 g/mol. The zero-order valence-corrected chi connectivity index (χ0v) is 17.2. The molecule has 0 saturated carbocycles. The lowest BCUT2D eigenvalue weighted by atomic mass is 10.1. The largest absolute Gasteiger partial charge is 0.454 e. The van der Waals surface area contributed by atoms with Gasteiger partial charge in [-0.25, -0.2) is 0 Å². The number of halogens is 1. The first-order valence-corrected chi connectivity index (χ1v) is 10.5. The van der Waals surface area contributed by atoms with Crippen molar-refractivity contribution in [2.24, 2.45) is 0 Å². The van der Waals surface area contributed by atoms with E-state index in [9.17, 15) is 0 Å². The normalized spacial score (nSPS) is 16.4. The summed E-state index contributed by atoms with van der Waals surface area (Å²) in [4.78, 5) is 4.60. The van der Waals surface area contributed by atoms with E-state index in [1.54, 1.807) is 0 Å². The van der Waals surface area contributed by atoms with Crippen LogP contribution in [0.3, 0.4) is 0 Å². The fourth-order valence-electron chi connectivity index (χ4n) is 3.09. The molecule has 1 N–H and O–H groups in total. The average Bonchev–Trinajstić information content (AvgIpc) is 3.11. The summed E-state index contributed by atoms with van der Waals surface area (Å²) in [7, 11) is 0. The highest BCUT2D eigenvalue weighted by Gasteiger charge is 2.27. The van der Waals surface area contributed by atoms with E-state index in [1.807, 2.05) is 43.3 Å². The second kappa shape index (κ2) is 7.14. The minimum atomic E-state index is -0.466. The number of anilines is 1. The minimum Gasteiger partial charge on any atom is -0.454 e. The maximum absolute atomic E-state index is 6.26. The Bertz CT molecular complexity index is 1070. The zero-order valence-electron chi connectivity index (χ0n) is 14.8. The molecule has 0 amide bonds. The fraction of sp³-hybridized carbons (Fsp3) is 0.211. The molecule has 0 bridgehead atoms. The van der Waals surface area contributed by atoms with Crippen LogP contribution in [0.2, 0.25) is 0 Å². The number of fused-ring (bicyclic) bond motifs is 4. The van der Waals surface area contributed by atoms with Crippen molar-refractivity contribution in [1.82, 2.24) is 15.2 Å². The van der Waals surface area contributed by atoms with Crippen LogP contribution in [0.4, 0.5) is 5.69 Å². The third kappa shape index (κ3) is 3.14. The van der Waals surface area contributed by atoms with Gasteiger partial charge in [-0.05, 0) is 42.2 Å². The molecule has 0 fully saturated rings. The molecule has 1 aromatic heterocycles. The maximum atomic E-state index is 6.26. The summed E-state index contributed by atoms with van der Waals surface area (Å²) in [5.74, 6) is 2.73. The van der Waals surface area contributed by atoms with E-state index in [0.717, 1.165) is 32.8 Å². The van der Waals surface area contributed by atoms with Crippen LogP contribution in [-0.4, -0.2) is 27.7 Å². The van der Waals surface area contributed by atoms with Crippen LogP contribution in [0.1, 0.15) is 18.7 Å². The number of hydrogen-bond donors (Lipinski definition) is 1. The van der Waals surface area contributed by atoms with Crippen molar-refractivity contribution in [1.29, 1.82) is 0 Å². The highest BCUT2D eigenvalue weighted by atomic mass is 79.9. The van der Waals surface area contributed by atoms with Crippen molar-refractivity contribution in [3.63, 3.8) is 0 Å². The van der Waals surface area contributed by atoms with Crippen LogP contribution in [0.25, 0.3) is 11.3 Å². The quantitative estimate of drug-likeness (QED) is 0.568. The van der Waals surface area contributed by atoms with E-state index in [0.29, 0.717) is 22.5 Å². The number of ether oxygens (including phenoxy) is 3. The van der Waals surface area contributed by atoms with E-state index in [4.69, 9.17) is 14.2 Å². The smallest absolute Gasteiger partial charge is 0.247 e. The summed E-state index contributed by atoms with van der Waals surface area (Å²) < 4.78 is 18.1. The molecule has 0 unspecified atom stereocenters. The standard InChI is InChI=1S/C19H15BrN4O3S/c1-2-28-19-22-18-16(23-24-19)12-8-11(20)4-5-13(12)21-17(27-18)10-3-6-14-15(7-10)26-9-25-14/h3-8,17,21H,2,9H2,1H3/t17-/m0/s1. The number of thioether (sulfide) groups is 1. The number of rotatable bonds is 3. The van der Waals surface area contributed by atoms with Gasteiger partial charge in [0.1, 0.15) is 0 Å². The molecule has 142 valence electrons. The number of benzene rings is 2. The molecule has 2 aromatic carbocycles. The summed E-state index contributed by atoms with van der Waals surface area (Å²) in [5, 5.41) is 12.7. The lowest BCUT2D eigenvalue weighted by Crippen LogP contribution is -2.17. The Kier molecular flexibility index (Phi) is 4.48. The summed E-state index contributed by atoms with van der Waals surface area (Å²) in [6, 6.07) is 11.7. The molecule has 2 aliphatic heterocycles. The van der Waals surface area contributed by atoms with Crippen molar-refractivity contribution in [2.45, 2.75) is 18.3 Å². The molecule has 7 nitrogen and oxygen atoms in total. The molecule has 3 aromatic rings. The molecule has 0 saturated heterocycles. The molecule has 0 spiro atoms. The van der Waals surface area contributed by atoms with E-state index in [2.05, 4.69) is 36.4 Å². The first kappa shape index (κ1) is 17.6. The van der Waals surface area contributed by atoms with E-state index >= 15 is 0 Å². The lowest BCUT2D eigenvalue weighted by Gasteiger charge is -2.19. The summed E-state index contributed by atoms with van der Waals surface area (Å²) in [6.07, 6.45) is -0.466. The molecule has 28 heavy (non-hydrogen) atoms. The van der Waals surface area contributed by atoms with E-state index in [1.165, 1.54) is 11.8 Å². The van der Waals surface area contributed by atoms with Gasteiger partial charge in [-0.3, -0.25) is 0 Å². The minimum absolute atomic E-state index is 0.228. The molecule has 0 aliphatic carbocycles. The van der Waals surface area contributed by atoms with Crippen LogP contribution >= 0.6 is 27.7 Å². The third-order valence-corrected chi connectivity index (χ3v) is 5.57. The Morgan fingerprint density at radius 3 is 2.93 bits per heavy atom. The highest BCUT2D eigenvalue weighted by Crippen LogP contribution is 2.42. The number of hydrogen-bond acceptors (Lipinski definition) is 8. The Balaban J connectivity index is 1.62. The third-order valence-electron chi connectivity index (χ3n) is 4.36. The van der Waals surface area contributed by atoms with Gasteiger partial charge in [0.2, 0.25) is 17.8 Å². The predicted molar refractivity (Wildman–Crippen MR) is 109 cm³/mol. The SMILES string of the molecule is CCSc1nnc2c(n1)O[C@@H](c1ccc3c(c1)OCO3)Nc1ccc(Br)cc1-2. The molecule has 9 heteroatoms. The molecule has 5 rings (SSSR count). The molecular weight excluding hydrogens is 444 g/mol. The highest BCUT2D eigenvalue weighted by molar-refractivity contribution is 9.10. The Hall–Kier alpha value is -2.52. The van der Waals surface area contributed by atoms with Crippen LogP contribution in [0.15, 0.2) is 46.0 Å². The Morgan fingerprint density at radius 2 is 2.04 bits per heavy atom. The summed E-state index contributed by atoms with van der Waals surface area (Å²) in [5.41, 5.74) is 3.26. The molecule has 1 atom stereocenters. The van der Waals surface area contributed by atoms with Gasteiger partial charge in [-0.15, -0.1) is 10.2 Å². The molecule has 2 aliphatic rings. The summed E-state index contributed by atoms with van der Waals surface area (Å²) in [6.45, 7) is 2.27. The van der Waals surface area contributed by atoms with Gasteiger partial charge in [0.15, 0.2) is 23.4 Å². The topological polar surface area (TPSA) is 78.4 Å². The van der Waals surface area contributed by atoms with Crippen LogP contribution in [-0.2, 0) is 0 Å². The van der Waals surface area contributed by atoms with E-state index < -0.39 is 6.23 Å². The van der Waals surface area contributed by atoms with Crippen LogP contribution in [0, 0.1) is 0 Å². The Labute approximate surface area is 174 Å². The number of nitrogens with zero attached hydrogens (tertiary/aromatic N) is 3. The van der Waals surface area contributed by atoms with Crippen molar-refractivity contribution in [3.8, 4) is 28.6 Å². The van der Waals surface area contributed by atoms with Crippen molar-refractivity contribution < 1.29 is 14.2 Å². The van der Waals surface area contributed by atoms with E-state index in [-0.39, 0.29) is 6.79 Å². The van der Waals surface area contributed by atoms with Gasteiger partial charge >= 0.3 is 0 Å². The fourth-order valence-corrected chi connectivity index (χ4v) is 3.95. The number of aromatic nitrogens is 3. The van der Waals surface area contributed by atoms with Crippen molar-refractivity contribution in [3.05, 3.63) is 46.4 Å². The Morgan fingerprint density at radius 1 is 1.14 bits per heavy atom. The second-order valence-electron chi connectivity index (χ2n) is 6.13.